The molecule has 1 heterocycles. The summed E-state index contributed by atoms with van der Waals surface area (Å²) in [5.41, 5.74) is -0.210. The second kappa shape index (κ2) is 4.89. The van der Waals surface area contributed by atoms with E-state index >= 15 is 0 Å². The maximum Gasteiger partial charge on any atom is 0.233 e. The summed E-state index contributed by atoms with van der Waals surface area (Å²) in [6.45, 7) is 4.37. The van der Waals surface area contributed by atoms with Crippen LogP contribution in [0, 0.1) is 28.6 Å². The smallest absolute Gasteiger partial charge is 0.233 e. The highest BCUT2D eigenvalue weighted by molar-refractivity contribution is 6.10. The van der Waals surface area contributed by atoms with Crippen molar-refractivity contribution in [2.45, 2.75) is 26.7 Å². The van der Waals surface area contributed by atoms with Gasteiger partial charge in [0.1, 0.15) is 0 Å². The Balaban J connectivity index is 1.85. The Hall–Kier alpha value is -1.90. The van der Waals surface area contributed by atoms with Gasteiger partial charge in [0.15, 0.2) is 0 Å². The molecule has 2 fully saturated rings. The van der Waals surface area contributed by atoms with Gasteiger partial charge in [0, 0.05) is 26.6 Å². The summed E-state index contributed by atoms with van der Waals surface area (Å²) in [7, 11) is 1.62. The Morgan fingerprint density at radius 1 is 1.35 bits per heavy atom. The zero-order chi connectivity index (χ0) is 15.1. The minimum atomic E-state index is -0.210. The fourth-order valence-corrected chi connectivity index (χ4v) is 2.97. The lowest BCUT2D eigenvalue weighted by Crippen LogP contribution is -2.39. The fourth-order valence-electron chi connectivity index (χ4n) is 2.97. The molecule has 0 aromatic carbocycles. The molecule has 0 spiro atoms. The van der Waals surface area contributed by atoms with Crippen molar-refractivity contribution < 1.29 is 14.4 Å². The maximum atomic E-state index is 12.1. The van der Waals surface area contributed by atoms with Gasteiger partial charge < -0.3 is 4.90 Å². The molecule has 1 saturated carbocycles. The molecule has 0 aromatic rings. The van der Waals surface area contributed by atoms with E-state index < -0.39 is 0 Å². The van der Waals surface area contributed by atoms with Gasteiger partial charge in [0.25, 0.3) is 0 Å². The van der Waals surface area contributed by atoms with E-state index in [1.807, 2.05) is 19.9 Å². The van der Waals surface area contributed by atoms with Crippen LogP contribution in [0.5, 0.6) is 0 Å². The van der Waals surface area contributed by atoms with Crippen molar-refractivity contribution in [1.29, 1.82) is 5.26 Å². The average Bonchev–Trinajstić information content (AvgIpc) is 2.86. The number of piperidine rings is 1. The number of nitriles is 1. The first-order chi connectivity index (χ1) is 9.32. The zero-order valence-electron chi connectivity index (χ0n) is 12.0. The van der Waals surface area contributed by atoms with Gasteiger partial charge in [-0.15, -0.1) is 0 Å². The quantitative estimate of drug-likeness (QED) is 0.681. The summed E-state index contributed by atoms with van der Waals surface area (Å²) in [5, 5.41) is 8.47. The summed E-state index contributed by atoms with van der Waals surface area (Å²) in [6, 6.07) is 1.97. The summed E-state index contributed by atoms with van der Waals surface area (Å²) >= 11 is 0. The Bertz CT molecular complexity index is 482. The average molecular weight is 277 g/mol. The third-order valence-electron chi connectivity index (χ3n) is 4.43. The SMILES string of the molecule is CN(CCC#N)C(=O)CCN1C(=O)C2C(C1=O)C2(C)C. The number of hydrogen-bond acceptors (Lipinski definition) is 4. The summed E-state index contributed by atoms with van der Waals surface area (Å²) in [5.74, 6) is -0.821. The van der Waals surface area contributed by atoms with E-state index in [1.54, 1.807) is 7.05 Å². The molecule has 0 N–H and O–H groups in total. The van der Waals surface area contributed by atoms with Crippen molar-refractivity contribution in [1.82, 2.24) is 9.80 Å². The molecule has 2 atom stereocenters. The van der Waals surface area contributed by atoms with Crippen LogP contribution in [-0.4, -0.2) is 47.7 Å². The van der Waals surface area contributed by atoms with Crippen molar-refractivity contribution in [3.8, 4) is 6.07 Å². The molecule has 6 nitrogen and oxygen atoms in total. The molecule has 0 radical (unpaired) electrons. The Morgan fingerprint density at radius 2 is 1.90 bits per heavy atom. The molecule has 1 aliphatic heterocycles. The molecule has 0 bridgehead atoms. The van der Waals surface area contributed by atoms with E-state index in [9.17, 15) is 14.4 Å². The van der Waals surface area contributed by atoms with E-state index in [0.29, 0.717) is 6.54 Å². The van der Waals surface area contributed by atoms with Gasteiger partial charge in [-0.1, -0.05) is 13.8 Å². The molecular weight excluding hydrogens is 258 g/mol. The maximum absolute atomic E-state index is 12.1. The van der Waals surface area contributed by atoms with Crippen molar-refractivity contribution >= 4 is 17.7 Å². The van der Waals surface area contributed by atoms with Crippen LogP contribution in [0.15, 0.2) is 0 Å². The Morgan fingerprint density at radius 3 is 2.40 bits per heavy atom. The van der Waals surface area contributed by atoms with Crippen molar-refractivity contribution in [2.24, 2.45) is 17.3 Å². The number of nitrogens with zero attached hydrogens (tertiary/aromatic N) is 3. The molecule has 2 unspecified atom stereocenters. The molecule has 1 saturated heterocycles. The molecule has 3 amide bonds. The minimum Gasteiger partial charge on any atom is -0.345 e. The van der Waals surface area contributed by atoms with Crippen LogP contribution >= 0.6 is 0 Å². The molecule has 1 aliphatic carbocycles. The van der Waals surface area contributed by atoms with Crippen LogP contribution in [0.3, 0.4) is 0 Å². The fraction of sp³-hybridized carbons (Fsp3) is 0.714. The normalized spacial score (nSPS) is 26.2. The summed E-state index contributed by atoms with van der Waals surface area (Å²) in [4.78, 5) is 38.6. The Labute approximate surface area is 118 Å². The third-order valence-corrected chi connectivity index (χ3v) is 4.43. The highest BCUT2D eigenvalue weighted by Crippen LogP contribution is 2.63. The first-order valence-corrected chi connectivity index (χ1v) is 6.78. The number of likely N-dealkylation sites (tertiary alicyclic amines) is 1. The predicted molar refractivity (Wildman–Crippen MR) is 70.0 cm³/mol. The van der Waals surface area contributed by atoms with Crippen molar-refractivity contribution in [2.75, 3.05) is 20.1 Å². The summed E-state index contributed by atoms with van der Waals surface area (Å²) in [6.07, 6.45) is 0.404. The van der Waals surface area contributed by atoms with Crippen LogP contribution in [0.2, 0.25) is 0 Å². The number of carbonyl (C=O) groups is 3. The molecule has 0 aromatic heterocycles. The topological polar surface area (TPSA) is 81.5 Å². The van der Waals surface area contributed by atoms with Crippen LogP contribution in [-0.2, 0) is 14.4 Å². The monoisotopic (exact) mass is 277 g/mol. The van der Waals surface area contributed by atoms with Crippen LogP contribution < -0.4 is 0 Å². The Kier molecular flexibility index (Phi) is 3.55. The number of imide groups is 1. The van der Waals surface area contributed by atoms with Gasteiger partial charge in [-0.3, -0.25) is 19.3 Å². The molecular formula is C14H19N3O3. The van der Waals surface area contributed by atoms with E-state index in [1.165, 1.54) is 9.80 Å². The third kappa shape index (κ3) is 2.17. The second-order valence-corrected chi connectivity index (χ2v) is 6.08. The van der Waals surface area contributed by atoms with Crippen molar-refractivity contribution in [3.63, 3.8) is 0 Å². The van der Waals surface area contributed by atoms with Gasteiger partial charge in [0.2, 0.25) is 17.7 Å². The lowest BCUT2D eigenvalue weighted by Gasteiger charge is -2.22. The van der Waals surface area contributed by atoms with Crippen LogP contribution in [0.1, 0.15) is 26.7 Å². The van der Waals surface area contributed by atoms with E-state index in [2.05, 4.69) is 0 Å². The lowest BCUT2D eigenvalue weighted by atomic mass is 10.1. The van der Waals surface area contributed by atoms with Gasteiger partial charge in [-0.05, 0) is 5.41 Å². The van der Waals surface area contributed by atoms with E-state index in [4.69, 9.17) is 5.26 Å². The first-order valence-electron chi connectivity index (χ1n) is 6.78. The number of carbonyl (C=O) groups excluding carboxylic acids is 3. The largest absolute Gasteiger partial charge is 0.345 e. The van der Waals surface area contributed by atoms with Gasteiger partial charge in [0.05, 0.1) is 24.3 Å². The molecule has 2 rings (SSSR count). The zero-order valence-corrected chi connectivity index (χ0v) is 12.0. The molecule has 6 heteroatoms. The minimum absolute atomic E-state index is 0.124. The highest BCUT2D eigenvalue weighted by atomic mass is 16.2. The van der Waals surface area contributed by atoms with Crippen LogP contribution in [0.25, 0.3) is 0 Å². The highest BCUT2D eigenvalue weighted by Gasteiger charge is 2.72. The molecule has 108 valence electrons. The van der Waals surface area contributed by atoms with Gasteiger partial charge in [-0.25, -0.2) is 0 Å². The van der Waals surface area contributed by atoms with Crippen LogP contribution in [0.4, 0.5) is 0 Å². The number of amides is 3. The summed E-state index contributed by atoms with van der Waals surface area (Å²) < 4.78 is 0. The number of rotatable bonds is 5. The number of hydrogen-bond donors (Lipinski definition) is 0. The standard InChI is InChI=1S/C14H19N3O3/c1-14(2)10-11(14)13(20)17(12(10)19)8-5-9(18)16(3)7-4-6-15/h10-11H,4-5,7-8H2,1-3H3. The predicted octanol–water partition coefficient (Wildman–Crippen LogP) is 0.390. The van der Waals surface area contributed by atoms with E-state index in [-0.39, 0.29) is 54.4 Å². The van der Waals surface area contributed by atoms with Crippen molar-refractivity contribution in [3.05, 3.63) is 0 Å². The first kappa shape index (κ1) is 14.5. The molecule has 2 aliphatic rings. The number of fused-ring (bicyclic) bond motifs is 1. The lowest BCUT2D eigenvalue weighted by molar-refractivity contribution is -0.143. The van der Waals surface area contributed by atoms with E-state index in [0.717, 1.165) is 0 Å². The van der Waals surface area contributed by atoms with Gasteiger partial charge in [-0.2, -0.15) is 5.26 Å². The second-order valence-electron chi connectivity index (χ2n) is 6.08. The van der Waals surface area contributed by atoms with Gasteiger partial charge >= 0.3 is 0 Å². The molecule has 20 heavy (non-hydrogen) atoms.